The Hall–Kier alpha value is -13.0. The topological polar surface area (TPSA) is 77.3 Å². The number of fused-ring (bicyclic) bond motifs is 18. The Morgan fingerprint density at radius 3 is 0.807 bits per heavy atom. The summed E-state index contributed by atoms with van der Waals surface area (Å²) in [7, 11) is -6.62. The van der Waals surface area contributed by atoms with Crippen LogP contribution >= 0.6 is 0 Å². The molecule has 6 nitrogen and oxygen atoms in total. The molecule has 0 N–H and O–H groups in total. The van der Waals surface area contributed by atoms with E-state index in [1.54, 1.807) is 0 Å². The summed E-state index contributed by atoms with van der Waals surface area (Å²) in [5.74, 6) is 0. The summed E-state index contributed by atoms with van der Waals surface area (Å²) in [4.78, 5) is 27.5. The first kappa shape index (κ1) is 106. The van der Waals surface area contributed by atoms with Gasteiger partial charge in [0.1, 0.15) is 0 Å². The van der Waals surface area contributed by atoms with E-state index in [4.69, 9.17) is 15.0 Å². The molecule has 0 aliphatic heterocycles. The molecular weight excluding hydrogens is 2370 g/mol. The molecule has 0 spiro atoms. The monoisotopic (exact) mass is 2490 g/mol. The van der Waals surface area contributed by atoms with Gasteiger partial charge >= 0.3 is 0 Å². The van der Waals surface area contributed by atoms with Crippen molar-refractivity contribution in [2.24, 2.45) is 0 Å². The Morgan fingerprint density at radius 1 is 0.186 bits per heavy atom. The Labute approximate surface area is 901 Å². The molecule has 17 aromatic carbocycles. The van der Waals surface area contributed by atoms with Crippen molar-refractivity contribution in [1.82, 2.24) is 29.9 Å². The van der Waals surface area contributed by atoms with E-state index >= 15 is 0 Å². The third-order valence-electron chi connectivity index (χ3n) is 26.6. The van der Waals surface area contributed by atoms with Gasteiger partial charge in [-0.05, 0) is 159 Å². The van der Waals surface area contributed by atoms with Crippen LogP contribution in [0.1, 0.15) is 11.1 Å². The summed E-state index contributed by atoms with van der Waals surface area (Å²) in [5, 5.41) is 29.9. The number of benzene rings is 17. The second-order valence-corrected chi connectivity index (χ2v) is 67.2. The third kappa shape index (κ3) is 24.7. The van der Waals surface area contributed by atoms with Crippen LogP contribution in [0.4, 0.5) is 0 Å². The molecule has 0 aliphatic carbocycles. The van der Waals surface area contributed by atoms with Gasteiger partial charge in [0.15, 0.2) is 0 Å². The van der Waals surface area contributed by atoms with Crippen LogP contribution in [0, 0.1) is 50.2 Å². The maximum atomic E-state index is 4.84. The Morgan fingerprint density at radius 2 is 0.476 bits per heavy atom. The first-order valence-corrected chi connectivity index (χ1v) is 66.6. The predicted octanol–water partition coefficient (Wildman–Crippen LogP) is 32.3. The summed E-state index contributed by atoms with van der Waals surface area (Å²) in [6.45, 7) is 39.6. The molecule has 0 fully saturated rings. The number of nitrogens with zero attached hydrogens (tertiary/aromatic N) is 6. The summed E-state index contributed by atoms with van der Waals surface area (Å²) in [6, 6.07) is 151. The van der Waals surface area contributed by atoms with Gasteiger partial charge in [-0.25, -0.2) is 0 Å². The van der Waals surface area contributed by atoms with E-state index < -0.39 is 40.4 Å². The van der Waals surface area contributed by atoms with Gasteiger partial charge in [0.25, 0.3) is 0 Å². The summed E-state index contributed by atoms with van der Waals surface area (Å²) < 4.78 is 0. The first-order chi connectivity index (χ1) is 68.4. The second kappa shape index (κ2) is 46.2. The number of hydrogen-bond acceptors (Lipinski definition) is 6. The van der Waals surface area contributed by atoms with E-state index in [-0.39, 0.29) is 60.3 Å². The van der Waals surface area contributed by atoms with E-state index in [1.807, 2.05) is 85.3 Å². The van der Waals surface area contributed by atoms with E-state index in [2.05, 4.69) is 485 Å². The Bertz CT molecular complexity index is 8300. The van der Waals surface area contributed by atoms with Crippen molar-refractivity contribution in [3.63, 3.8) is 0 Å². The molecule has 6 aromatic heterocycles. The largest absolute Gasteiger partial charge is 0.305 e. The standard InChI is InChI=1S/C38H30NSi.C27H24NSi.C26H22NSi.2C14H16NSi.C12H10N.3Ir/c1-40(2,3)31-19-22-38(39-25-31)30-18-21-35-34-20-17-29(23-36(34)32-11-7-8-12-33(32)37(35)24-30)28-15-13-27(14-16-28)26-9-5-4-6-10-26;1-18-15-26(28-17-27(18)29(2,3)4)19-13-14-24-22-11-6-5-9-20(22)21-10-7-8-12-23(21)25(24)16-19;1-28(2,3)19-13-15-26(27-17-19)18-12-14-24-22-10-5-4-8-20(22)21-9-6-7-11-23(21)25(24)16-18;2*1-16(2,3)13-9-10-15-14(11-13)12-7-5-4-6-8-12;1-10-7-8-13-12(9-10)11-5-3-2-4-6-11;;;/h4-17,19-25H,1-3H3;5-12,14-17H,1-4H3;4-11,13-17H,1-3H3;2*4-7,9-11H,1-3H3;2-5,7-9H,1H3;;;/q6*-1;;;. The molecule has 725 valence electrons. The van der Waals surface area contributed by atoms with Gasteiger partial charge in [-0.15, -0.1) is 179 Å². The fourth-order valence-electron chi connectivity index (χ4n) is 18.6. The van der Waals surface area contributed by atoms with E-state index in [9.17, 15) is 0 Å². The van der Waals surface area contributed by atoms with Gasteiger partial charge in [-0.1, -0.05) is 405 Å². The first-order valence-electron chi connectivity index (χ1n) is 49.1. The number of aryl methyl sites for hydroxylation is 2. The number of hydrogen-bond donors (Lipinski definition) is 0. The maximum Gasteiger partial charge on any atom is 0.0798 e. The molecule has 0 aliphatic rings. The van der Waals surface area contributed by atoms with Crippen LogP contribution < -0.4 is 25.9 Å². The average Bonchev–Trinajstić information content (AvgIpc) is 0.753. The van der Waals surface area contributed by atoms with Crippen LogP contribution in [0.2, 0.25) is 98.2 Å². The van der Waals surface area contributed by atoms with Crippen LogP contribution in [-0.4, -0.2) is 70.3 Å². The van der Waals surface area contributed by atoms with Crippen molar-refractivity contribution in [2.75, 3.05) is 0 Å². The molecule has 3 radical (unpaired) electrons. The summed E-state index contributed by atoms with van der Waals surface area (Å²) in [6.07, 6.45) is 11.8. The zero-order valence-electron chi connectivity index (χ0n) is 85.4. The summed E-state index contributed by atoms with van der Waals surface area (Å²) in [5.41, 5.74) is 19.8. The molecule has 0 unspecified atom stereocenters. The van der Waals surface area contributed by atoms with Crippen LogP contribution in [0.3, 0.4) is 0 Å². The summed E-state index contributed by atoms with van der Waals surface area (Å²) >= 11 is 0. The smallest absolute Gasteiger partial charge is 0.0798 e. The molecule has 0 saturated heterocycles. The SMILES string of the molecule is C[Si](C)(C)c1ccc(-c2[c-]cc3c4ccc(-c5ccc(-c6ccccc6)cc5)cc4c4ccccc4c3c2)nc1.C[Si](C)(C)c1ccc(-c2[c-]cc3c4ccccc4c4ccccc4c3c2)nc1.C[Si](C)(C)c1ccnc(-c2[c-]cccc2)c1.C[Si](C)(C)c1ccnc(-c2[c-]cccc2)c1.Cc1cc(-c2[c-]cc3c4ccccc4c4ccccc4c3c2)ncc1[Si](C)(C)C.Cc1ccnc(-c2[c-]cccc2)c1.[Ir].[Ir].[Ir]. The molecular formula is C131H118Ir3N6Si5-6. The van der Waals surface area contributed by atoms with Crippen molar-refractivity contribution in [2.45, 2.75) is 112 Å². The Balaban J connectivity index is 0.000000136. The minimum absolute atomic E-state index is 0. The fourth-order valence-corrected chi connectivity index (χ4v) is 24.7. The number of aromatic nitrogens is 6. The van der Waals surface area contributed by atoms with Crippen LogP contribution in [0.25, 0.3) is 187 Å². The van der Waals surface area contributed by atoms with E-state index in [0.29, 0.717) is 0 Å². The van der Waals surface area contributed by atoms with Gasteiger partial charge in [0.2, 0.25) is 0 Å². The van der Waals surface area contributed by atoms with Crippen molar-refractivity contribution in [3.05, 3.63) is 455 Å². The van der Waals surface area contributed by atoms with Crippen molar-refractivity contribution in [1.29, 1.82) is 0 Å². The quantitative estimate of drug-likeness (QED) is 0.0650. The van der Waals surface area contributed by atoms with Crippen LogP contribution in [-0.2, 0) is 60.3 Å². The average molecular weight is 2490 g/mol. The van der Waals surface area contributed by atoms with Crippen LogP contribution in [0.15, 0.2) is 407 Å². The van der Waals surface area contributed by atoms with Gasteiger partial charge < -0.3 is 29.9 Å². The van der Waals surface area contributed by atoms with Crippen molar-refractivity contribution in [3.8, 4) is 89.8 Å². The molecule has 145 heavy (non-hydrogen) atoms. The van der Waals surface area contributed by atoms with Crippen LogP contribution in [0.5, 0.6) is 0 Å². The van der Waals surface area contributed by atoms with Crippen molar-refractivity contribution < 1.29 is 60.3 Å². The molecule has 6 heterocycles. The van der Waals surface area contributed by atoms with E-state index in [0.717, 1.165) is 67.5 Å². The predicted molar refractivity (Wildman–Crippen MR) is 624 cm³/mol. The second-order valence-electron chi connectivity index (χ2n) is 41.9. The van der Waals surface area contributed by atoms with Gasteiger partial charge in [-0.2, -0.15) is 0 Å². The Kier molecular flexibility index (Phi) is 33.8. The minimum atomic E-state index is -1.39. The molecule has 0 amide bonds. The zero-order chi connectivity index (χ0) is 99.0. The fraction of sp³-hybridized carbons (Fsp3) is 0.130. The van der Waals surface area contributed by atoms with Gasteiger partial charge in [-0.3, -0.25) is 0 Å². The minimum Gasteiger partial charge on any atom is -0.305 e. The third-order valence-corrected chi connectivity index (χ3v) is 36.9. The number of rotatable bonds is 13. The van der Waals surface area contributed by atoms with E-state index in [1.165, 1.54) is 156 Å². The molecule has 0 atom stereocenters. The molecule has 23 rings (SSSR count). The van der Waals surface area contributed by atoms with Gasteiger partial charge in [0, 0.05) is 97.5 Å². The normalized spacial score (nSPS) is 11.5. The molecule has 23 aromatic rings. The number of pyridine rings is 6. The molecule has 0 bridgehead atoms. The zero-order valence-corrected chi connectivity index (χ0v) is 97.6. The van der Waals surface area contributed by atoms with Crippen molar-refractivity contribution >= 4 is 163 Å². The molecule has 0 saturated carbocycles. The molecule has 14 heteroatoms. The van der Waals surface area contributed by atoms with Gasteiger partial charge in [0.05, 0.1) is 40.4 Å². The maximum absolute atomic E-state index is 4.84.